The summed E-state index contributed by atoms with van der Waals surface area (Å²) in [5, 5.41) is 10.5. The lowest BCUT2D eigenvalue weighted by atomic mass is 9.49. The summed E-state index contributed by atoms with van der Waals surface area (Å²) in [5.41, 5.74) is 4.35. The number of fused-ring (bicyclic) bond motifs is 4. The number of hydrogen-bond acceptors (Lipinski definition) is 1. The first-order valence-electron chi connectivity index (χ1n) is 13.2. The van der Waals surface area contributed by atoms with Gasteiger partial charge in [-0.1, -0.05) is 79.0 Å². The van der Waals surface area contributed by atoms with Crippen LogP contribution in [0.5, 0.6) is 0 Å². The van der Waals surface area contributed by atoms with Crippen molar-refractivity contribution in [3.63, 3.8) is 0 Å². The minimum absolute atomic E-state index is 0.110. The van der Waals surface area contributed by atoms with Gasteiger partial charge < -0.3 is 5.11 Å². The predicted octanol–water partition coefficient (Wildman–Crippen LogP) is 7.80. The topological polar surface area (TPSA) is 20.2 Å². The Balaban J connectivity index is 1.58. The lowest BCUT2D eigenvalue weighted by Gasteiger charge is -2.56. The molecule has 1 unspecified atom stereocenters. The summed E-state index contributed by atoms with van der Waals surface area (Å²) in [6.45, 7) is 17.2. The number of rotatable bonds is 5. The molecule has 1 nitrogen and oxygen atoms in total. The molecule has 2 saturated carbocycles. The summed E-state index contributed by atoms with van der Waals surface area (Å²) in [7, 11) is 0. The third-order valence-electron chi connectivity index (χ3n) is 11.0. The maximum absolute atomic E-state index is 10.5. The maximum Gasteiger partial charge on any atom is 0.0571 e. The van der Waals surface area contributed by atoms with Gasteiger partial charge in [-0.2, -0.15) is 0 Å². The highest BCUT2D eigenvalue weighted by Crippen LogP contribution is 2.65. The Hall–Kier alpha value is -0.560. The van der Waals surface area contributed by atoms with E-state index in [2.05, 4.69) is 60.6 Å². The molecule has 0 radical (unpaired) electrons. The van der Waals surface area contributed by atoms with Crippen LogP contribution in [0, 0.1) is 52.3 Å². The molecule has 30 heavy (non-hydrogen) atoms. The number of aliphatic hydroxyl groups is 1. The first-order valence-corrected chi connectivity index (χ1v) is 13.2. The van der Waals surface area contributed by atoms with E-state index in [1.54, 1.807) is 5.57 Å². The van der Waals surface area contributed by atoms with Crippen LogP contribution in [0.4, 0.5) is 0 Å². The third-order valence-corrected chi connectivity index (χ3v) is 11.0. The molecule has 0 spiro atoms. The van der Waals surface area contributed by atoms with E-state index < -0.39 is 0 Å². The van der Waals surface area contributed by atoms with E-state index in [0.29, 0.717) is 22.7 Å². The third kappa shape index (κ3) is 3.46. The highest BCUT2D eigenvalue weighted by Gasteiger charge is 2.55. The lowest BCUT2D eigenvalue weighted by molar-refractivity contribution is -0.0446. The zero-order chi connectivity index (χ0) is 21.8. The fourth-order valence-electron chi connectivity index (χ4n) is 8.36. The van der Waals surface area contributed by atoms with Gasteiger partial charge >= 0.3 is 0 Å². The summed E-state index contributed by atoms with van der Waals surface area (Å²) < 4.78 is 0. The first-order chi connectivity index (χ1) is 14.1. The normalized spacial score (nSPS) is 45.2. The van der Waals surface area contributed by atoms with E-state index in [1.165, 1.54) is 44.9 Å². The van der Waals surface area contributed by atoms with Gasteiger partial charge in [0.25, 0.3) is 0 Å². The van der Waals surface area contributed by atoms with Crippen LogP contribution in [-0.4, -0.2) is 11.2 Å². The molecular formula is C29H48O. The number of hydrogen-bond donors (Lipinski definition) is 1. The van der Waals surface area contributed by atoms with E-state index in [-0.39, 0.29) is 6.10 Å². The molecule has 0 aromatic rings. The second-order valence-electron chi connectivity index (χ2n) is 12.7. The largest absolute Gasteiger partial charge is 0.393 e. The van der Waals surface area contributed by atoms with Crippen molar-refractivity contribution in [3.8, 4) is 0 Å². The molecule has 0 amide bonds. The molecule has 170 valence electrons. The predicted molar refractivity (Wildman–Crippen MR) is 128 cm³/mol. The fraction of sp³-hybridized carbons (Fsp3) is 0.862. The quantitative estimate of drug-likeness (QED) is 0.488. The average molecular weight is 413 g/mol. The zero-order valence-electron chi connectivity index (χ0n) is 20.9. The molecule has 1 N–H and O–H groups in total. The minimum Gasteiger partial charge on any atom is -0.393 e. The van der Waals surface area contributed by atoms with Gasteiger partial charge in [0.15, 0.2) is 0 Å². The van der Waals surface area contributed by atoms with Crippen molar-refractivity contribution in [2.45, 2.75) is 106 Å². The van der Waals surface area contributed by atoms with Crippen LogP contribution in [-0.2, 0) is 0 Å². The summed E-state index contributed by atoms with van der Waals surface area (Å²) >= 11 is 0. The molecule has 0 heterocycles. The second kappa shape index (κ2) is 8.09. The minimum atomic E-state index is -0.110. The summed E-state index contributed by atoms with van der Waals surface area (Å²) in [5.74, 6) is 5.03. The van der Waals surface area contributed by atoms with Gasteiger partial charge in [0.05, 0.1) is 6.10 Å². The second-order valence-corrected chi connectivity index (χ2v) is 12.7. The van der Waals surface area contributed by atoms with Crippen molar-refractivity contribution in [2.75, 3.05) is 0 Å². The Morgan fingerprint density at radius 2 is 1.77 bits per heavy atom. The van der Waals surface area contributed by atoms with Gasteiger partial charge in [0.1, 0.15) is 0 Å². The van der Waals surface area contributed by atoms with Crippen LogP contribution in [0.3, 0.4) is 0 Å². The summed E-state index contributed by atoms with van der Waals surface area (Å²) in [6.07, 6.45) is 15.4. The highest BCUT2D eigenvalue weighted by atomic mass is 16.3. The Bertz CT molecular complexity index is 701. The Kier molecular flexibility index (Phi) is 6.10. The zero-order valence-corrected chi connectivity index (χ0v) is 20.9. The molecule has 0 bridgehead atoms. The maximum atomic E-state index is 10.5. The van der Waals surface area contributed by atoms with Crippen molar-refractivity contribution < 1.29 is 5.11 Å². The molecule has 2 fully saturated rings. The molecular weight excluding hydrogens is 364 g/mol. The Morgan fingerprint density at radius 1 is 1.03 bits per heavy atom. The van der Waals surface area contributed by atoms with Crippen molar-refractivity contribution >= 4 is 0 Å². The van der Waals surface area contributed by atoms with E-state index in [4.69, 9.17) is 0 Å². The van der Waals surface area contributed by atoms with Gasteiger partial charge in [-0.15, -0.1) is 0 Å². The molecule has 4 rings (SSSR count). The molecule has 9 atom stereocenters. The molecule has 4 aliphatic rings. The fourth-order valence-corrected chi connectivity index (χ4v) is 8.36. The first kappa shape index (κ1) is 22.6. The molecule has 4 aliphatic carbocycles. The van der Waals surface area contributed by atoms with E-state index in [9.17, 15) is 5.11 Å². The van der Waals surface area contributed by atoms with Crippen molar-refractivity contribution in [2.24, 2.45) is 52.3 Å². The van der Waals surface area contributed by atoms with Gasteiger partial charge in [-0.25, -0.2) is 0 Å². The van der Waals surface area contributed by atoms with Gasteiger partial charge in [-0.05, 0) is 96.4 Å². The lowest BCUT2D eigenvalue weighted by Crippen LogP contribution is -2.50. The SMILES string of the molecule is CC(C)[C@@H](C)CC[C@@H](C)[C@H]1CCC2=C3C=CC4[C@H](C)[C@@H](O)CC[C@]4(C)[C@H]3CC[C@@]21C. The van der Waals surface area contributed by atoms with Crippen molar-refractivity contribution in [1.82, 2.24) is 0 Å². The van der Waals surface area contributed by atoms with Crippen molar-refractivity contribution in [1.29, 1.82) is 0 Å². The van der Waals surface area contributed by atoms with Gasteiger partial charge in [-0.3, -0.25) is 0 Å². The smallest absolute Gasteiger partial charge is 0.0571 e. The van der Waals surface area contributed by atoms with E-state index in [1.807, 2.05) is 5.57 Å². The summed E-state index contributed by atoms with van der Waals surface area (Å²) in [4.78, 5) is 0. The van der Waals surface area contributed by atoms with Crippen LogP contribution in [0.1, 0.15) is 99.8 Å². The van der Waals surface area contributed by atoms with Crippen LogP contribution in [0.2, 0.25) is 0 Å². The molecule has 0 saturated heterocycles. The van der Waals surface area contributed by atoms with Gasteiger partial charge in [0, 0.05) is 0 Å². The highest BCUT2D eigenvalue weighted by molar-refractivity contribution is 5.42. The van der Waals surface area contributed by atoms with Crippen LogP contribution in [0.25, 0.3) is 0 Å². The molecule has 0 aromatic heterocycles. The molecule has 0 aromatic carbocycles. The van der Waals surface area contributed by atoms with Crippen LogP contribution in [0.15, 0.2) is 23.3 Å². The standard InChI is InChI=1S/C29H48O/c1-18(2)19(3)8-9-20(4)23-12-13-25-22-10-11-24-21(5)27(30)15-17-29(24,7)26(22)14-16-28(23,25)6/h10-11,18-21,23-24,26-27,30H,8-9,12-17H2,1-7H3/t19-,20+,21-,23+,24?,26-,27-,28+,29-/m0/s1. The summed E-state index contributed by atoms with van der Waals surface area (Å²) in [6, 6.07) is 0. The van der Waals surface area contributed by atoms with E-state index in [0.717, 1.165) is 36.0 Å². The van der Waals surface area contributed by atoms with E-state index >= 15 is 0 Å². The van der Waals surface area contributed by atoms with Gasteiger partial charge in [0.2, 0.25) is 0 Å². The Labute approximate surface area is 186 Å². The van der Waals surface area contributed by atoms with Crippen LogP contribution < -0.4 is 0 Å². The monoisotopic (exact) mass is 412 g/mol. The number of allylic oxidation sites excluding steroid dienone is 4. The molecule has 0 aliphatic heterocycles. The molecule has 1 heteroatoms. The van der Waals surface area contributed by atoms with Crippen molar-refractivity contribution in [3.05, 3.63) is 23.3 Å². The van der Waals surface area contributed by atoms with Crippen LogP contribution >= 0.6 is 0 Å². The number of aliphatic hydroxyl groups excluding tert-OH is 1. The Morgan fingerprint density at radius 3 is 2.47 bits per heavy atom. The average Bonchev–Trinajstić information content (AvgIpc) is 3.06.